The lowest BCUT2D eigenvalue weighted by Crippen LogP contribution is -2.32. The average Bonchev–Trinajstić information content (AvgIpc) is 2.86. The van der Waals surface area contributed by atoms with Crippen LogP contribution in [0.25, 0.3) is 10.9 Å². The molecule has 1 aliphatic carbocycles. The summed E-state index contributed by atoms with van der Waals surface area (Å²) < 4.78 is 2.07. The predicted molar refractivity (Wildman–Crippen MR) is 72.3 cm³/mol. The molecule has 3 heteroatoms. The highest BCUT2D eigenvalue weighted by molar-refractivity contribution is 6.35. The summed E-state index contributed by atoms with van der Waals surface area (Å²) in [6, 6.07) is 6.44. The van der Waals surface area contributed by atoms with Gasteiger partial charge >= 0.3 is 0 Å². The molecule has 1 aromatic heterocycles. The Bertz CT molecular complexity index is 565. The highest BCUT2D eigenvalue weighted by Gasteiger charge is 2.31. The van der Waals surface area contributed by atoms with E-state index in [2.05, 4.69) is 22.8 Å². The molecule has 0 aliphatic heterocycles. The molecule has 2 nitrogen and oxygen atoms in total. The van der Waals surface area contributed by atoms with E-state index < -0.39 is 0 Å². The number of halogens is 1. The summed E-state index contributed by atoms with van der Waals surface area (Å²) in [5.41, 5.74) is 8.79. The van der Waals surface area contributed by atoms with Gasteiger partial charge in [0.15, 0.2) is 0 Å². The lowest BCUT2D eigenvalue weighted by Gasteiger charge is -2.24. The molecular formula is C14H17ClN2. The zero-order chi connectivity index (χ0) is 12.0. The smallest absolute Gasteiger partial charge is 0.0661 e. The fraction of sp³-hybridized carbons (Fsp3) is 0.429. The minimum atomic E-state index is -0.120. The normalized spacial score (nSPS) is 19.0. The molecule has 0 unspecified atom stereocenters. The van der Waals surface area contributed by atoms with Crippen LogP contribution in [0, 0.1) is 0 Å². The van der Waals surface area contributed by atoms with Gasteiger partial charge in [0.25, 0.3) is 0 Å². The molecule has 1 aromatic carbocycles. The molecule has 2 N–H and O–H groups in total. The summed E-state index contributed by atoms with van der Waals surface area (Å²) >= 11 is 6.17. The topological polar surface area (TPSA) is 30.9 Å². The highest BCUT2D eigenvalue weighted by atomic mass is 35.5. The molecule has 0 atom stereocenters. The monoisotopic (exact) mass is 248 g/mol. The van der Waals surface area contributed by atoms with Crippen molar-refractivity contribution < 1.29 is 0 Å². The van der Waals surface area contributed by atoms with Crippen LogP contribution in [-0.2, 0) is 12.6 Å². The second kappa shape index (κ2) is 3.76. The lowest BCUT2D eigenvalue weighted by atomic mass is 9.89. The van der Waals surface area contributed by atoms with Gasteiger partial charge in [-0.15, -0.1) is 0 Å². The van der Waals surface area contributed by atoms with Crippen LogP contribution in [0.15, 0.2) is 24.4 Å². The quantitative estimate of drug-likeness (QED) is 0.822. The Morgan fingerprint density at radius 1 is 1.29 bits per heavy atom. The zero-order valence-electron chi connectivity index (χ0n) is 10.0. The lowest BCUT2D eigenvalue weighted by molar-refractivity contribution is 0.462. The third kappa shape index (κ3) is 1.67. The zero-order valence-corrected chi connectivity index (χ0v) is 10.8. The minimum Gasteiger partial charge on any atom is -0.349 e. The average molecular weight is 249 g/mol. The molecule has 0 radical (unpaired) electrons. The maximum Gasteiger partial charge on any atom is 0.0661 e. The second-order valence-corrected chi connectivity index (χ2v) is 5.59. The van der Waals surface area contributed by atoms with Crippen molar-refractivity contribution in [2.75, 3.05) is 0 Å². The number of aryl methyl sites for hydroxylation is 1. The summed E-state index contributed by atoms with van der Waals surface area (Å²) in [5, 5.41) is 1.92. The van der Waals surface area contributed by atoms with E-state index >= 15 is 0 Å². The molecule has 0 saturated heterocycles. The van der Waals surface area contributed by atoms with Crippen LogP contribution >= 0.6 is 11.6 Å². The third-order valence-corrected chi connectivity index (χ3v) is 4.31. The number of nitrogens with zero attached hydrogens (tertiary/aromatic N) is 1. The van der Waals surface area contributed by atoms with Crippen LogP contribution in [0.1, 0.15) is 31.2 Å². The van der Waals surface area contributed by atoms with E-state index in [0.717, 1.165) is 23.3 Å². The summed E-state index contributed by atoms with van der Waals surface area (Å²) in [7, 11) is 2.02. The molecular weight excluding hydrogens is 232 g/mol. The van der Waals surface area contributed by atoms with Crippen molar-refractivity contribution in [2.45, 2.75) is 31.2 Å². The van der Waals surface area contributed by atoms with Crippen molar-refractivity contribution in [1.29, 1.82) is 0 Å². The van der Waals surface area contributed by atoms with Crippen molar-refractivity contribution in [3.8, 4) is 0 Å². The first-order chi connectivity index (χ1) is 8.10. The van der Waals surface area contributed by atoms with Crippen molar-refractivity contribution in [3.63, 3.8) is 0 Å². The maximum atomic E-state index is 6.49. The predicted octanol–water partition coefficient (Wildman–Crippen LogP) is 3.56. The number of nitrogens with two attached hydrogens (primary N) is 1. The number of fused-ring (bicyclic) bond motifs is 1. The van der Waals surface area contributed by atoms with Crippen LogP contribution in [0.3, 0.4) is 0 Å². The van der Waals surface area contributed by atoms with E-state index in [0.29, 0.717) is 0 Å². The molecule has 0 spiro atoms. The molecule has 1 aliphatic rings. The molecule has 2 aromatic rings. The first-order valence-corrected chi connectivity index (χ1v) is 6.52. The summed E-state index contributed by atoms with van der Waals surface area (Å²) in [4.78, 5) is 0. The summed E-state index contributed by atoms with van der Waals surface area (Å²) in [5.74, 6) is 0. The second-order valence-electron chi connectivity index (χ2n) is 5.18. The number of rotatable bonds is 1. The molecule has 17 heavy (non-hydrogen) atoms. The van der Waals surface area contributed by atoms with Gasteiger partial charge in [0.1, 0.15) is 0 Å². The Balaban J connectivity index is 2.16. The van der Waals surface area contributed by atoms with E-state index in [1.165, 1.54) is 23.9 Å². The van der Waals surface area contributed by atoms with E-state index in [4.69, 9.17) is 17.3 Å². The Morgan fingerprint density at radius 2 is 2.00 bits per heavy atom. The van der Waals surface area contributed by atoms with Crippen LogP contribution in [-0.4, -0.2) is 4.57 Å². The van der Waals surface area contributed by atoms with Gasteiger partial charge < -0.3 is 10.3 Å². The number of aromatic nitrogens is 1. The largest absolute Gasteiger partial charge is 0.349 e. The van der Waals surface area contributed by atoms with E-state index in [1.54, 1.807) is 0 Å². The van der Waals surface area contributed by atoms with Crippen molar-refractivity contribution in [2.24, 2.45) is 12.8 Å². The van der Waals surface area contributed by atoms with Gasteiger partial charge in [-0.3, -0.25) is 0 Å². The number of hydrogen-bond acceptors (Lipinski definition) is 1. The van der Waals surface area contributed by atoms with Crippen LogP contribution in [0.2, 0.25) is 5.02 Å². The Labute approximate surface area is 106 Å². The third-order valence-electron chi connectivity index (χ3n) is 4.01. The Morgan fingerprint density at radius 3 is 2.71 bits per heavy atom. The standard InChI is InChI=1S/C14H17ClN2/c1-17-9-12(15)11-5-4-10(8-13(11)17)14(16)6-2-3-7-14/h4-5,8-9H,2-3,6-7,16H2,1H3. The first kappa shape index (κ1) is 11.1. The van der Waals surface area contributed by atoms with Crippen molar-refractivity contribution in [1.82, 2.24) is 4.57 Å². The van der Waals surface area contributed by atoms with Crippen molar-refractivity contribution in [3.05, 3.63) is 35.0 Å². The van der Waals surface area contributed by atoms with Gasteiger partial charge in [-0.25, -0.2) is 0 Å². The van der Waals surface area contributed by atoms with Crippen LogP contribution in [0.5, 0.6) is 0 Å². The van der Waals surface area contributed by atoms with Crippen LogP contribution in [0.4, 0.5) is 0 Å². The maximum absolute atomic E-state index is 6.49. The highest BCUT2D eigenvalue weighted by Crippen LogP contribution is 2.38. The van der Waals surface area contributed by atoms with Gasteiger partial charge in [0.2, 0.25) is 0 Å². The SMILES string of the molecule is Cn1cc(Cl)c2ccc(C3(N)CCCC3)cc21. The molecule has 3 rings (SSSR count). The summed E-state index contributed by atoms with van der Waals surface area (Å²) in [6.45, 7) is 0. The van der Waals surface area contributed by atoms with Gasteiger partial charge in [-0.2, -0.15) is 0 Å². The van der Waals surface area contributed by atoms with E-state index in [9.17, 15) is 0 Å². The van der Waals surface area contributed by atoms with E-state index in [1.807, 2.05) is 13.2 Å². The van der Waals surface area contributed by atoms with Gasteiger partial charge in [-0.1, -0.05) is 36.6 Å². The van der Waals surface area contributed by atoms with Crippen molar-refractivity contribution >= 4 is 22.5 Å². The fourth-order valence-electron chi connectivity index (χ4n) is 2.94. The molecule has 0 bridgehead atoms. The molecule has 90 valence electrons. The molecule has 1 saturated carbocycles. The molecule has 0 amide bonds. The number of hydrogen-bond donors (Lipinski definition) is 1. The van der Waals surface area contributed by atoms with E-state index in [-0.39, 0.29) is 5.54 Å². The molecule has 1 heterocycles. The fourth-order valence-corrected chi connectivity index (χ4v) is 3.24. The number of benzene rings is 1. The van der Waals surface area contributed by atoms with Gasteiger partial charge in [0.05, 0.1) is 5.02 Å². The summed E-state index contributed by atoms with van der Waals surface area (Å²) in [6.07, 6.45) is 6.62. The minimum absolute atomic E-state index is 0.120. The van der Waals surface area contributed by atoms with Gasteiger partial charge in [-0.05, 0) is 24.5 Å². The molecule has 1 fully saturated rings. The Kier molecular flexibility index (Phi) is 2.46. The van der Waals surface area contributed by atoms with Gasteiger partial charge in [0, 0.05) is 29.7 Å². The first-order valence-electron chi connectivity index (χ1n) is 6.14. The Hall–Kier alpha value is -0.990. The van der Waals surface area contributed by atoms with Crippen LogP contribution < -0.4 is 5.73 Å².